The summed E-state index contributed by atoms with van der Waals surface area (Å²) in [5.41, 5.74) is 1.50. The third-order valence-corrected chi connectivity index (χ3v) is 3.73. The lowest BCUT2D eigenvalue weighted by Crippen LogP contribution is -2.23. The Morgan fingerprint density at radius 3 is 2.67 bits per heavy atom. The van der Waals surface area contributed by atoms with Crippen molar-refractivity contribution < 1.29 is 0 Å². The summed E-state index contributed by atoms with van der Waals surface area (Å²) >= 11 is 0. The first-order chi connectivity index (χ1) is 7.25. The SMILES string of the molecule is CC1[CH+]CC(C)C(Cc2ccccc2)C1. The summed E-state index contributed by atoms with van der Waals surface area (Å²) in [7, 11) is 0. The maximum atomic E-state index is 2.49. The molecule has 0 nitrogen and oxygen atoms in total. The summed E-state index contributed by atoms with van der Waals surface area (Å²) < 4.78 is 0. The fourth-order valence-corrected chi connectivity index (χ4v) is 2.65. The first-order valence-corrected chi connectivity index (χ1v) is 6.13. The third-order valence-electron chi connectivity index (χ3n) is 3.73. The van der Waals surface area contributed by atoms with Crippen LogP contribution in [-0.4, -0.2) is 0 Å². The van der Waals surface area contributed by atoms with E-state index in [1.807, 2.05) is 0 Å². The summed E-state index contributed by atoms with van der Waals surface area (Å²) in [6, 6.07) is 10.9. The van der Waals surface area contributed by atoms with Crippen LogP contribution in [-0.2, 0) is 6.42 Å². The molecular formula is C15H21+. The summed E-state index contributed by atoms with van der Waals surface area (Å²) in [4.78, 5) is 0. The highest BCUT2D eigenvalue weighted by atomic mass is 14.3. The molecule has 0 saturated heterocycles. The normalized spacial score (nSPS) is 30.9. The van der Waals surface area contributed by atoms with Gasteiger partial charge in [-0.25, -0.2) is 0 Å². The van der Waals surface area contributed by atoms with E-state index in [-0.39, 0.29) is 0 Å². The molecular weight excluding hydrogens is 180 g/mol. The lowest BCUT2D eigenvalue weighted by molar-refractivity contribution is 0.250. The minimum absolute atomic E-state index is 0.815. The predicted molar refractivity (Wildman–Crippen MR) is 65.5 cm³/mol. The summed E-state index contributed by atoms with van der Waals surface area (Å²) in [5, 5.41) is 0. The molecule has 1 aliphatic rings. The van der Waals surface area contributed by atoms with Gasteiger partial charge in [-0.15, -0.1) is 0 Å². The quantitative estimate of drug-likeness (QED) is 0.631. The Labute approximate surface area is 93.7 Å². The Hall–Kier alpha value is -0.910. The highest BCUT2D eigenvalue weighted by Crippen LogP contribution is 2.34. The van der Waals surface area contributed by atoms with Crippen LogP contribution in [0.2, 0.25) is 0 Å². The van der Waals surface area contributed by atoms with Crippen molar-refractivity contribution in [1.29, 1.82) is 0 Å². The Balaban J connectivity index is 1.98. The van der Waals surface area contributed by atoms with Gasteiger partial charge >= 0.3 is 0 Å². The van der Waals surface area contributed by atoms with Gasteiger partial charge in [-0.3, -0.25) is 0 Å². The monoisotopic (exact) mass is 201 g/mol. The Morgan fingerprint density at radius 1 is 1.20 bits per heavy atom. The molecule has 0 N–H and O–H groups in total. The molecule has 3 atom stereocenters. The number of rotatable bonds is 2. The second kappa shape index (κ2) is 4.74. The molecule has 1 saturated carbocycles. The molecule has 3 unspecified atom stereocenters. The molecule has 0 aliphatic heterocycles. The van der Waals surface area contributed by atoms with E-state index in [2.05, 4.69) is 50.6 Å². The predicted octanol–water partition coefficient (Wildman–Crippen LogP) is 4.12. The van der Waals surface area contributed by atoms with E-state index in [0.717, 1.165) is 17.8 Å². The van der Waals surface area contributed by atoms with E-state index >= 15 is 0 Å². The van der Waals surface area contributed by atoms with Crippen LogP contribution < -0.4 is 0 Å². The van der Waals surface area contributed by atoms with E-state index in [0.29, 0.717) is 0 Å². The average molecular weight is 201 g/mol. The smallest absolute Gasteiger partial charge is 0.0622 e. The van der Waals surface area contributed by atoms with Gasteiger partial charge in [0.15, 0.2) is 0 Å². The Morgan fingerprint density at radius 2 is 1.93 bits per heavy atom. The average Bonchev–Trinajstić information content (AvgIpc) is 2.25. The molecule has 0 heteroatoms. The van der Waals surface area contributed by atoms with E-state index in [1.165, 1.54) is 24.8 Å². The van der Waals surface area contributed by atoms with Gasteiger partial charge < -0.3 is 0 Å². The molecule has 80 valence electrons. The molecule has 0 amide bonds. The van der Waals surface area contributed by atoms with Gasteiger partial charge in [0.05, 0.1) is 18.8 Å². The lowest BCUT2D eigenvalue weighted by Gasteiger charge is -2.27. The molecule has 15 heavy (non-hydrogen) atoms. The molecule has 1 aliphatic carbocycles. The Bertz CT molecular complexity index is 288. The van der Waals surface area contributed by atoms with Gasteiger partial charge in [0.2, 0.25) is 0 Å². The van der Waals surface area contributed by atoms with Gasteiger partial charge in [-0.1, -0.05) is 37.3 Å². The van der Waals surface area contributed by atoms with Crippen molar-refractivity contribution in [3.8, 4) is 0 Å². The number of hydrogen-bond donors (Lipinski definition) is 0. The van der Waals surface area contributed by atoms with Crippen molar-refractivity contribution in [2.75, 3.05) is 0 Å². The maximum absolute atomic E-state index is 2.49. The highest BCUT2D eigenvalue weighted by molar-refractivity contribution is 5.15. The number of benzene rings is 1. The molecule has 1 fully saturated rings. The van der Waals surface area contributed by atoms with Gasteiger partial charge in [-0.2, -0.15) is 0 Å². The van der Waals surface area contributed by atoms with Crippen molar-refractivity contribution in [2.24, 2.45) is 17.8 Å². The molecule has 0 bridgehead atoms. The highest BCUT2D eigenvalue weighted by Gasteiger charge is 2.31. The molecule has 0 spiro atoms. The largest absolute Gasteiger partial charge is 0.0952 e. The number of hydrogen-bond acceptors (Lipinski definition) is 0. The Kier molecular flexibility index (Phi) is 3.35. The van der Waals surface area contributed by atoms with Crippen LogP contribution in [0.4, 0.5) is 0 Å². The zero-order chi connectivity index (χ0) is 10.7. The topological polar surface area (TPSA) is 0 Å². The van der Waals surface area contributed by atoms with Gasteiger partial charge in [0.25, 0.3) is 0 Å². The van der Waals surface area contributed by atoms with Crippen LogP contribution in [0.5, 0.6) is 0 Å². The third kappa shape index (κ3) is 2.77. The summed E-state index contributed by atoms with van der Waals surface area (Å²) in [6.07, 6.45) is 6.43. The van der Waals surface area contributed by atoms with Crippen molar-refractivity contribution in [3.05, 3.63) is 42.3 Å². The minimum Gasteiger partial charge on any atom is -0.0622 e. The van der Waals surface area contributed by atoms with Crippen LogP contribution in [0.3, 0.4) is 0 Å². The van der Waals surface area contributed by atoms with Crippen LogP contribution in [0.1, 0.15) is 32.3 Å². The van der Waals surface area contributed by atoms with Gasteiger partial charge in [-0.05, 0) is 37.2 Å². The molecule has 1 aromatic rings. The zero-order valence-electron chi connectivity index (χ0n) is 9.82. The lowest BCUT2D eigenvalue weighted by atomic mass is 9.73. The van der Waals surface area contributed by atoms with Crippen LogP contribution in [0.25, 0.3) is 0 Å². The molecule has 0 radical (unpaired) electrons. The van der Waals surface area contributed by atoms with E-state index in [9.17, 15) is 0 Å². The van der Waals surface area contributed by atoms with Crippen molar-refractivity contribution in [2.45, 2.75) is 33.1 Å². The van der Waals surface area contributed by atoms with Crippen LogP contribution >= 0.6 is 0 Å². The fourth-order valence-electron chi connectivity index (χ4n) is 2.65. The second-order valence-electron chi connectivity index (χ2n) is 5.11. The summed E-state index contributed by atoms with van der Waals surface area (Å²) in [5.74, 6) is 2.56. The minimum atomic E-state index is 0.815. The van der Waals surface area contributed by atoms with Gasteiger partial charge in [0.1, 0.15) is 0 Å². The maximum Gasteiger partial charge on any atom is 0.0952 e. The van der Waals surface area contributed by atoms with Crippen molar-refractivity contribution >= 4 is 0 Å². The summed E-state index contributed by atoms with van der Waals surface area (Å²) in [6.45, 7) is 4.75. The van der Waals surface area contributed by atoms with E-state index in [4.69, 9.17) is 0 Å². The zero-order valence-corrected chi connectivity index (χ0v) is 9.82. The molecule has 2 rings (SSSR count). The standard InChI is InChI=1S/C15H21/c1-12-8-9-13(2)15(10-12)11-14-6-4-3-5-7-14/h3-8,12-13,15H,9-11H2,1-2H3/q+1. The van der Waals surface area contributed by atoms with Crippen molar-refractivity contribution in [1.82, 2.24) is 0 Å². The van der Waals surface area contributed by atoms with E-state index in [1.54, 1.807) is 0 Å². The molecule has 0 heterocycles. The van der Waals surface area contributed by atoms with E-state index < -0.39 is 0 Å². The van der Waals surface area contributed by atoms with Crippen molar-refractivity contribution in [3.63, 3.8) is 0 Å². The molecule has 0 aromatic heterocycles. The van der Waals surface area contributed by atoms with Crippen LogP contribution in [0.15, 0.2) is 30.3 Å². The second-order valence-corrected chi connectivity index (χ2v) is 5.11. The first-order valence-electron chi connectivity index (χ1n) is 6.13. The van der Waals surface area contributed by atoms with Gasteiger partial charge in [0, 0.05) is 0 Å². The molecule has 1 aromatic carbocycles. The fraction of sp³-hybridized carbons (Fsp3) is 0.533. The first kappa shape index (κ1) is 10.6. The van der Waals surface area contributed by atoms with Crippen LogP contribution in [0, 0.1) is 24.2 Å².